The fourth-order valence-corrected chi connectivity index (χ4v) is 5.30. The first kappa shape index (κ1) is 22.8. The average molecular weight is 443 g/mol. The molecule has 1 spiro atoms. The summed E-state index contributed by atoms with van der Waals surface area (Å²) in [7, 11) is 0. The zero-order valence-corrected chi connectivity index (χ0v) is 19.1. The minimum Gasteiger partial charge on any atom is -0.466 e. The maximum Gasteiger partial charge on any atom is 0.309 e. The molecule has 2 heterocycles. The number of nitrogens with zero attached hydrogens (tertiary/aromatic N) is 2. The molecule has 1 aromatic rings. The van der Waals surface area contributed by atoms with Crippen molar-refractivity contribution in [1.82, 2.24) is 9.80 Å². The fraction of sp³-hybridized carbons (Fsp3) is 0.640. The first-order chi connectivity index (χ1) is 15.4. The van der Waals surface area contributed by atoms with Crippen molar-refractivity contribution >= 4 is 17.8 Å². The third-order valence-corrected chi connectivity index (χ3v) is 7.27. The van der Waals surface area contributed by atoms with Crippen LogP contribution in [0.1, 0.15) is 62.7 Å². The van der Waals surface area contributed by atoms with Crippen LogP contribution >= 0.6 is 0 Å². The topological polar surface area (TPSA) is 76.2 Å². The van der Waals surface area contributed by atoms with Gasteiger partial charge in [-0.3, -0.25) is 19.3 Å². The van der Waals surface area contributed by atoms with Crippen LogP contribution < -0.4 is 0 Å². The molecule has 0 bridgehead atoms. The van der Waals surface area contributed by atoms with Crippen molar-refractivity contribution in [1.29, 1.82) is 0 Å². The van der Waals surface area contributed by atoms with E-state index >= 15 is 0 Å². The Morgan fingerprint density at radius 1 is 1.06 bits per heavy atom. The van der Waals surface area contributed by atoms with Crippen LogP contribution in [0.4, 0.5) is 0 Å². The van der Waals surface area contributed by atoms with Gasteiger partial charge in [0.25, 0.3) is 5.91 Å². The lowest BCUT2D eigenvalue weighted by molar-refractivity contribution is -0.152. The number of benzene rings is 1. The molecule has 0 aromatic heterocycles. The molecule has 0 N–H and O–H groups in total. The van der Waals surface area contributed by atoms with Gasteiger partial charge in [-0.25, -0.2) is 0 Å². The van der Waals surface area contributed by atoms with Crippen molar-refractivity contribution in [3.63, 3.8) is 0 Å². The molecular weight excluding hydrogens is 408 g/mol. The summed E-state index contributed by atoms with van der Waals surface area (Å²) in [5, 5.41) is 0. The molecule has 3 fully saturated rings. The Labute approximate surface area is 190 Å². The predicted molar refractivity (Wildman–Crippen MR) is 119 cm³/mol. The quantitative estimate of drug-likeness (QED) is 0.669. The molecule has 4 rings (SSSR count). The van der Waals surface area contributed by atoms with Gasteiger partial charge in [-0.1, -0.05) is 25.1 Å². The van der Waals surface area contributed by atoms with E-state index in [9.17, 15) is 14.4 Å². The molecule has 1 unspecified atom stereocenters. The van der Waals surface area contributed by atoms with Gasteiger partial charge in [0.05, 0.1) is 19.1 Å². The number of ether oxygens (including phenoxy) is 2. The van der Waals surface area contributed by atoms with Gasteiger partial charge in [0.15, 0.2) is 0 Å². The van der Waals surface area contributed by atoms with Crippen molar-refractivity contribution in [2.24, 2.45) is 11.8 Å². The second-order valence-electron chi connectivity index (χ2n) is 9.35. The van der Waals surface area contributed by atoms with Gasteiger partial charge in [-0.15, -0.1) is 0 Å². The Hall–Kier alpha value is -2.41. The minimum atomic E-state index is -0.705. The van der Waals surface area contributed by atoms with Gasteiger partial charge in [0.2, 0.25) is 5.91 Å². The molecule has 3 aliphatic rings. The van der Waals surface area contributed by atoms with Crippen LogP contribution in [0.2, 0.25) is 0 Å². The molecule has 2 saturated heterocycles. The molecule has 2 amide bonds. The Morgan fingerprint density at radius 3 is 2.34 bits per heavy atom. The van der Waals surface area contributed by atoms with E-state index in [1.54, 1.807) is 28.9 Å². The number of carbonyl (C=O) groups is 3. The molecule has 32 heavy (non-hydrogen) atoms. The zero-order chi connectivity index (χ0) is 22.7. The van der Waals surface area contributed by atoms with Gasteiger partial charge in [0, 0.05) is 18.7 Å². The summed E-state index contributed by atoms with van der Waals surface area (Å²) in [6.45, 7) is 5.61. The predicted octanol–water partition coefficient (Wildman–Crippen LogP) is 3.24. The van der Waals surface area contributed by atoms with E-state index in [4.69, 9.17) is 9.47 Å². The highest BCUT2D eigenvalue weighted by atomic mass is 16.5. The summed E-state index contributed by atoms with van der Waals surface area (Å²) in [6, 6.07) is 8.53. The van der Waals surface area contributed by atoms with E-state index in [1.165, 1.54) is 0 Å². The Balaban J connectivity index is 1.52. The highest BCUT2D eigenvalue weighted by Crippen LogP contribution is 2.43. The zero-order valence-electron chi connectivity index (χ0n) is 19.1. The standard InChI is InChI=1S/C25H34N2O5/c1-3-31-24(30)20-11-15-26(16-12-20)23(29)21-17-32-25(13-9-18(2)10-14-25)27(21)22(28)19-7-5-4-6-8-19/h4-8,18,20-21H,3,9-17H2,1-2H3. The Morgan fingerprint density at radius 2 is 1.72 bits per heavy atom. The van der Waals surface area contributed by atoms with Crippen LogP contribution in [0.15, 0.2) is 30.3 Å². The first-order valence-corrected chi connectivity index (χ1v) is 11.9. The maximum absolute atomic E-state index is 13.6. The molecule has 1 saturated carbocycles. The normalized spacial score (nSPS) is 28.7. The molecule has 174 valence electrons. The van der Waals surface area contributed by atoms with Crippen LogP contribution in [-0.2, 0) is 19.1 Å². The molecule has 7 heteroatoms. The molecule has 1 atom stereocenters. The van der Waals surface area contributed by atoms with E-state index in [-0.39, 0.29) is 30.3 Å². The number of hydrogen-bond acceptors (Lipinski definition) is 5. The van der Waals surface area contributed by atoms with Gasteiger partial charge in [-0.2, -0.15) is 0 Å². The van der Waals surface area contributed by atoms with Crippen LogP contribution in [0, 0.1) is 11.8 Å². The summed E-state index contributed by atoms with van der Waals surface area (Å²) in [5.74, 6) is 0.0334. The number of amides is 2. The smallest absolute Gasteiger partial charge is 0.309 e. The third-order valence-electron chi connectivity index (χ3n) is 7.27. The molecule has 2 aliphatic heterocycles. The summed E-state index contributed by atoms with van der Waals surface area (Å²) in [6.07, 6.45) is 4.64. The SMILES string of the molecule is CCOC(=O)C1CCN(C(=O)C2COC3(CCC(C)CC3)N2C(=O)c2ccccc2)CC1. The largest absolute Gasteiger partial charge is 0.466 e. The maximum atomic E-state index is 13.6. The van der Waals surface area contributed by atoms with Gasteiger partial charge in [0.1, 0.15) is 11.8 Å². The molecule has 0 radical (unpaired) electrons. The van der Waals surface area contributed by atoms with Crippen LogP contribution in [0.3, 0.4) is 0 Å². The molecule has 1 aromatic carbocycles. The average Bonchev–Trinajstić information content (AvgIpc) is 3.19. The lowest BCUT2D eigenvalue weighted by Crippen LogP contribution is -2.58. The van der Waals surface area contributed by atoms with E-state index in [0.717, 1.165) is 25.7 Å². The van der Waals surface area contributed by atoms with E-state index in [2.05, 4.69) is 6.92 Å². The van der Waals surface area contributed by atoms with E-state index < -0.39 is 11.8 Å². The number of hydrogen-bond donors (Lipinski definition) is 0. The van der Waals surface area contributed by atoms with Crippen LogP contribution in [-0.4, -0.2) is 65.7 Å². The van der Waals surface area contributed by atoms with Crippen molar-refractivity contribution in [3.05, 3.63) is 35.9 Å². The number of esters is 1. The van der Waals surface area contributed by atoms with Crippen molar-refractivity contribution in [2.45, 2.75) is 64.1 Å². The summed E-state index contributed by atoms with van der Waals surface area (Å²) >= 11 is 0. The lowest BCUT2D eigenvalue weighted by Gasteiger charge is -2.43. The summed E-state index contributed by atoms with van der Waals surface area (Å²) in [5.41, 5.74) is -0.127. The monoisotopic (exact) mass is 442 g/mol. The molecule has 1 aliphatic carbocycles. The Bertz CT molecular complexity index is 826. The van der Waals surface area contributed by atoms with E-state index in [1.807, 2.05) is 18.2 Å². The van der Waals surface area contributed by atoms with Gasteiger partial charge in [-0.05, 0) is 63.5 Å². The van der Waals surface area contributed by atoms with Gasteiger partial charge < -0.3 is 14.4 Å². The molecular formula is C25H34N2O5. The van der Waals surface area contributed by atoms with Gasteiger partial charge >= 0.3 is 5.97 Å². The highest BCUT2D eigenvalue weighted by molar-refractivity contribution is 5.98. The second kappa shape index (κ2) is 9.61. The fourth-order valence-electron chi connectivity index (χ4n) is 5.30. The second-order valence-corrected chi connectivity index (χ2v) is 9.35. The van der Waals surface area contributed by atoms with Crippen LogP contribution in [0.5, 0.6) is 0 Å². The van der Waals surface area contributed by atoms with Crippen molar-refractivity contribution < 1.29 is 23.9 Å². The number of rotatable bonds is 4. The lowest BCUT2D eigenvalue weighted by atomic mass is 9.83. The number of carbonyl (C=O) groups excluding carboxylic acids is 3. The van der Waals surface area contributed by atoms with Crippen molar-refractivity contribution in [3.8, 4) is 0 Å². The number of likely N-dealkylation sites (tertiary alicyclic amines) is 1. The summed E-state index contributed by atoms with van der Waals surface area (Å²) in [4.78, 5) is 42.8. The third kappa shape index (κ3) is 4.40. The van der Waals surface area contributed by atoms with Crippen molar-refractivity contribution in [2.75, 3.05) is 26.3 Å². The first-order valence-electron chi connectivity index (χ1n) is 11.9. The Kier molecular flexibility index (Phi) is 6.84. The molecule has 7 nitrogen and oxygen atoms in total. The van der Waals surface area contributed by atoms with Crippen LogP contribution in [0.25, 0.3) is 0 Å². The van der Waals surface area contributed by atoms with E-state index in [0.29, 0.717) is 44.0 Å². The minimum absolute atomic E-state index is 0.0768. The highest BCUT2D eigenvalue weighted by Gasteiger charge is 2.54. The number of piperidine rings is 1. The summed E-state index contributed by atoms with van der Waals surface area (Å²) < 4.78 is 11.4.